The molecule has 0 spiro atoms. The van der Waals surface area contributed by atoms with E-state index in [1.165, 1.54) is 12.1 Å². The molecule has 4 nitrogen and oxygen atoms in total. The fraction of sp³-hybridized carbons (Fsp3) is 0.467. The number of hydrogen-bond donors (Lipinski definition) is 2. The third kappa shape index (κ3) is 2.93. The molecule has 1 aromatic rings. The second-order valence-corrected chi connectivity index (χ2v) is 5.86. The van der Waals surface area contributed by atoms with Crippen molar-refractivity contribution in [2.75, 3.05) is 5.32 Å². The molecule has 0 bridgehead atoms. The summed E-state index contributed by atoms with van der Waals surface area (Å²) in [5.74, 6) is -0.857. The standard InChI is InChI=1S/C15H15F3N2O2/c16-15(17,18)9-2-1-3-11(8-9)20-13(22)14(6-7-14)12(21)19-10-4-5-10/h1-3,8,10H,4-7H2,(H,19,21)(H,20,22). The molecule has 2 aliphatic carbocycles. The van der Waals surface area contributed by atoms with Crippen LogP contribution in [-0.4, -0.2) is 17.9 Å². The van der Waals surface area contributed by atoms with E-state index in [1.807, 2.05) is 0 Å². The summed E-state index contributed by atoms with van der Waals surface area (Å²) in [6.07, 6.45) is -1.79. The van der Waals surface area contributed by atoms with E-state index in [1.54, 1.807) is 0 Å². The normalized spacial score (nSPS) is 19.4. The van der Waals surface area contributed by atoms with Gasteiger partial charge in [0.25, 0.3) is 0 Å². The molecule has 0 saturated heterocycles. The lowest BCUT2D eigenvalue weighted by molar-refractivity contribution is -0.138. The molecule has 2 fully saturated rings. The molecule has 0 aromatic heterocycles. The lowest BCUT2D eigenvalue weighted by Gasteiger charge is -2.16. The number of alkyl halides is 3. The van der Waals surface area contributed by atoms with Crippen LogP contribution in [0.25, 0.3) is 0 Å². The maximum atomic E-state index is 12.7. The van der Waals surface area contributed by atoms with Crippen molar-refractivity contribution >= 4 is 17.5 Å². The van der Waals surface area contributed by atoms with E-state index >= 15 is 0 Å². The first-order chi connectivity index (χ1) is 10.3. The highest BCUT2D eigenvalue weighted by atomic mass is 19.4. The minimum Gasteiger partial charge on any atom is -0.352 e. The molecule has 2 amide bonds. The Bertz CT molecular complexity index is 619. The molecular formula is C15H15F3N2O2. The number of amides is 2. The van der Waals surface area contributed by atoms with Gasteiger partial charge >= 0.3 is 6.18 Å². The lowest BCUT2D eigenvalue weighted by atomic mass is 10.0. The fourth-order valence-electron chi connectivity index (χ4n) is 2.26. The molecule has 22 heavy (non-hydrogen) atoms. The van der Waals surface area contributed by atoms with Crippen molar-refractivity contribution in [2.24, 2.45) is 5.41 Å². The van der Waals surface area contributed by atoms with Crippen molar-refractivity contribution in [3.05, 3.63) is 29.8 Å². The fourth-order valence-corrected chi connectivity index (χ4v) is 2.26. The molecule has 118 valence electrons. The molecule has 7 heteroatoms. The first-order valence-electron chi connectivity index (χ1n) is 7.11. The summed E-state index contributed by atoms with van der Waals surface area (Å²) in [5.41, 5.74) is -1.90. The zero-order valence-corrected chi connectivity index (χ0v) is 11.7. The molecule has 0 radical (unpaired) electrons. The SMILES string of the molecule is O=C(Nc1cccc(C(F)(F)F)c1)C1(C(=O)NC2CC2)CC1. The number of nitrogens with one attached hydrogen (secondary N) is 2. The van der Waals surface area contributed by atoms with Crippen molar-refractivity contribution in [1.29, 1.82) is 0 Å². The molecular weight excluding hydrogens is 297 g/mol. The number of carbonyl (C=O) groups is 2. The summed E-state index contributed by atoms with van der Waals surface area (Å²) in [7, 11) is 0. The lowest BCUT2D eigenvalue weighted by Crippen LogP contribution is -2.40. The van der Waals surface area contributed by atoms with Gasteiger partial charge < -0.3 is 10.6 Å². The highest BCUT2D eigenvalue weighted by Crippen LogP contribution is 2.47. The Kier molecular flexibility index (Phi) is 3.38. The Morgan fingerprint density at radius 1 is 1.14 bits per heavy atom. The predicted molar refractivity (Wildman–Crippen MR) is 72.9 cm³/mol. The Labute approximate surface area is 125 Å². The highest BCUT2D eigenvalue weighted by molar-refractivity contribution is 6.13. The maximum Gasteiger partial charge on any atom is 0.416 e. The van der Waals surface area contributed by atoms with Crippen molar-refractivity contribution in [3.8, 4) is 0 Å². The number of rotatable bonds is 4. The third-order valence-electron chi connectivity index (χ3n) is 3.98. The molecule has 0 unspecified atom stereocenters. The zero-order valence-electron chi connectivity index (χ0n) is 11.7. The van der Waals surface area contributed by atoms with Gasteiger partial charge in [0.15, 0.2) is 0 Å². The Balaban J connectivity index is 1.70. The van der Waals surface area contributed by atoms with E-state index in [9.17, 15) is 22.8 Å². The molecule has 0 aliphatic heterocycles. The molecule has 2 aliphatic rings. The van der Waals surface area contributed by atoms with Crippen LogP contribution in [0.4, 0.5) is 18.9 Å². The first-order valence-corrected chi connectivity index (χ1v) is 7.11. The molecule has 3 rings (SSSR count). The van der Waals surface area contributed by atoms with E-state index in [4.69, 9.17) is 0 Å². The van der Waals surface area contributed by atoms with Crippen LogP contribution in [-0.2, 0) is 15.8 Å². The molecule has 2 saturated carbocycles. The second kappa shape index (κ2) is 5.00. The number of anilines is 1. The smallest absolute Gasteiger partial charge is 0.352 e. The van der Waals surface area contributed by atoms with Gasteiger partial charge in [-0.05, 0) is 43.9 Å². The number of hydrogen-bond acceptors (Lipinski definition) is 2. The van der Waals surface area contributed by atoms with E-state index < -0.39 is 23.1 Å². The maximum absolute atomic E-state index is 12.7. The molecule has 0 heterocycles. The Morgan fingerprint density at radius 2 is 1.82 bits per heavy atom. The van der Waals surface area contributed by atoms with Crippen molar-refractivity contribution < 1.29 is 22.8 Å². The van der Waals surface area contributed by atoms with E-state index in [2.05, 4.69) is 10.6 Å². The van der Waals surface area contributed by atoms with Crippen molar-refractivity contribution in [2.45, 2.75) is 37.9 Å². The second-order valence-electron chi connectivity index (χ2n) is 5.86. The van der Waals surface area contributed by atoms with Gasteiger partial charge in [0.2, 0.25) is 11.8 Å². The van der Waals surface area contributed by atoms with Gasteiger partial charge in [-0.15, -0.1) is 0 Å². The largest absolute Gasteiger partial charge is 0.416 e. The topological polar surface area (TPSA) is 58.2 Å². The summed E-state index contributed by atoms with van der Waals surface area (Å²) in [4.78, 5) is 24.3. The number of benzene rings is 1. The van der Waals surface area contributed by atoms with Gasteiger partial charge in [-0.3, -0.25) is 9.59 Å². The van der Waals surface area contributed by atoms with Gasteiger partial charge in [-0.25, -0.2) is 0 Å². The van der Waals surface area contributed by atoms with Crippen molar-refractivity contribution in [3.63, 3.8) is 0 Å². The van der Waals surface area contributed by atoms with Crippen LogP contribution in [0.15, 0.2) is 24.3 Å². The van der Waals surface area contributed by atoms with E-state index in [-0.39, 0.29) is 17.6 Å². The van der Waals surface area contributed by atoms with Crippen LogP contribution >= 0.6 is 0 Å². The summed E-state index contributed by atoms with van der Waals surface area (Å²) >= 11 is 0. The van der Waals surface area contributed by atoms with Crippen LogP contribution in [0.2, 0.25) is 0 Å². The molecule has 1 aromatic carbocycles. The average molecular weight is 312 g/mol. The molecule has 2 N–H and O–H groups in total. The van der Waals surface area contributed by atoms with Crippen LogP contribution in [0, 0.1) is 5.41 Å². The van der Waals surface area contributed by atoms with Gasteiger partial charge in [0.1, 0.15) is 5.41 Å². The van der Waals surface area contributed by atoms with Crippen LogP contribution < -0.4 is 10.6 Å². The van der Waals surface area contributed by atoms with Crippen molar-refractivity contribution in [1.82, 2.24) is 5.32 Å². The minimum absolute atomic E-state index is 0.0466. The van der Waals surface area contributed by atoms with Crippen LogP contribution in [0.1, 0.15) is 31.2 Å². The van der Waals surface area contributed by atoms with Gasteiger partial charge in [0.05, 0.1) is 5.56 Å². The van der Waals surface area contributed by atoms with E-state index in [0.29, 0.717) is 12.8 Å². The number of halogens is 3. The number of carbonyl (C=O) groups excluding carboxylic acids is 2. The summed E-state index contributed by atoms with van der Waals surface area (Å²) in [6.45, 7) is 0. The summed E-state index contributed by atoms with van der Waals surface area (Å²) < 4.78 is 38.0. The van der Waals surface area contributed by atoms with Gasteiger partial charge in [-0.1, -0.05) is 6.07 Å². The summed E-state index contributed by atoms with van der Waals surface area (Å²) in [6, 6.07) is 4.55. The molecule has 0 atom stereocenters. The monoisotopic (exact) mass is 312 g/mol. The minimum atomic E-state index is -4.47. The van der Waals surface area contributed by atoms with Crippen LogP contribution in [0.3, 0.4) is 0 Å². The van der Waals surface area contributed by atoms with Gasteiger partial charge in [0, 0.05) is 11.7 Å². The van der Waals surface area contributed by atoms with E-state index in [0.717, 1.165) is 25.0 Å². The predicted octanol–water partition coefficient (Wildman–Crippen LogP) is 2.70. The Hall–Kier alpha value is -2.05. The van der Waals surface area contributed by atoms with Crippen LogP contribution in [0.5, 0.6) is 0 Å². The Morgan fingerprint density at radius 3 is 2.36 bits per heavy atom. The summed E-state index contributed by atoms with van der Waals surface area (Å²) in [5, 5.41) is 5.21. The quantitative estimate of drug-likeness (QED) is 0.840. The first kappa shape index (κ1) is 14.9. The van der Waals surface area contributed by atoms with Gasteiger partial charge in [-0.2, -0.15) is 13.2 Å². The average Bonchev–Trinajstić information content (AvgIpc) is 3.32. The highest BCUT2D eigenvalue weighted by Gasteiger charge is 2.57. The third-order valence-corrected chi connectivity index (χ3v) is 3.98. The zero-order chi connectivity index (χ0) is 16.0.